The topological polar surface area (TPSA) is 58.5 Å². The van der Waals surface area contributed by atoms with Gasteiger partial charge in [0.15, 0.2) is 5.96 Å². The van der Waals surface area contributed by atoms with E-state index < -0.39 is 0 Å². The molecule has 0 aliphatic heterocycles. The van der Waals surface area contributed by atoms with Gasteiger partial charge in [0.2, 0.25) is 0 Å². The average molecular weight is 460 g/mol. The summed E-state index contributed by atoms with van der Waals surface area (Å²) in [6.45, 7) is 3.60. The number of halogens is 1. The number of hydrogen-bond donors (Lipinski definition) is 2. The van der Waals surface area contributed by atoms with E-state index in [0.717, 1.165) is 42.4 Å². The Morgan fingerprint density at radius 2 is 2.08 bits per heavy atom. The van der Waals surface area contributed by atoms with Crippen molar-refractivity contribution in [3.05, 3.63) is 45.9 Å². The van der Waals surface area contributed by atoms with Gasteiger partial charge in [-0.2, -0.15) is 0 Å². The number of aromatic nitrogens is 1. The van der Waals surface area contributed by atoms with Crippen LogP contribution in [0, 0.1) is 0 Å². The van der Waals surface area contributed by atoms with Crippen LogP contribution in [0.5, 0.6) is 5.75 Å². The van der Waals surface area contributed by atoms with Crippen molar-refractivity contribution in [1.82, 2.24) is 15.6 Å². The molecule has 1 aromatic heterocycles. The lowest BCUT2D eigenvalue weighted by Gasteiger charge is -2.13. The summed E-state index contributed by atoms with van der Waals surface area (Å²) in [5.74, 6) is 1.66. The second-order valence-corrected chi connectivity index (χ2v) is 5.94. The molecular weight excluding hydrogens is 435 g/mol. The number of nitrogens with one attached hydrogen (secondary N) is 2. The van der Waals surface area contributed by atoms with Crippen LogP contribution in [0.1, 0.15) is 23.2 Å². The molecule has 7 heteroatoms. The number of rotatable bonds is 7. The van der Waals surface area contributed by atoms with Crippen molar-refractivity contribution < 1.29 is 4.74 Å². The van der Waals surface area contributed by atoms with E-state index in [9.17, 15) is 0 Å². The third-order valence-electron chi connectivity index (χ3n) is 3.44. The number of nitrogens with zero attached hydrogens (tertiary/aromatic N) is 2. The highest BCUT2D eigenvalue weighted by molar-refractivity contribution is 14.0. The van der Waals surface area contributed by atoms with E-state index >= 15 is 0 Å². The van der Waals surface area contributed by atoms with Gasteiger partial charge in [-0.1, -0.05) is 25.1 Å². The van der Waals surface area contributed by atoms with E-state index in [1.54, 1.807) is 25.5 Å². The fourth-order valence-corrected chi connectivity index (χ4v) is 2.96. The first kappa shape index (κ1) is 20.7. The quantitative estimate of drug-likeness (QED) is 0.379. The molecule has 0 atom stereocenters. The normalized spacial score (nSPS) is 10.9. The fraction of sp³-hybridized carbons (Fsp3) is 0.412. The predicted molar refractivity (Wildman–Crippen MR) is 112 cm³/mol. The Labute approximate surface area is 165 Å². The second kappa shape index (κ2) is 11.2. The molecule has 0 fully saturated rings. The van der Waals surface area contributed by atoms with Gasteiger partial charge in [-0.25, -0.2) is 4.98 Å². The summed E-state index contributed by atoms with van der Waals surface area (Å²) < 4.78 is 5.36. The van der Waals surface area contributed by atoms with E-state index in [1.165, 1.54) is 5.01 Å². The Morgan fingerprint density at radius 1 is 1.29 bits per heavy atom. The minimum atomic E-state index is 0. The number of guanidine groups is 1. The number of thiazole rings is 1. The van der Waals surface area contributed by atoms with E-state index in [0.29, 0.717) is 6.54 Å². The van der Waals surface area contributed by atoms with E-state index in [-0.39, 0.29) is 24.0 Å². The van der Waals surface area contributed by atoms with Crippen molar-refractivity contribution in [3.63, 3.8) is 0 Å². The molecule has 0 spiro atoms. The maximum absolute atomic E-state index is 5.36. The number of hydrogen-bond acceptors (Lipinski definition) is 4. The van der Waals surface area contributed by atoms with E-state index in [4.69, 9.17) is 4.74 Å². The van der Waals surface area contributed by atoms with Gasteiger partial charge in [0.25, 0.3) is 0 Å². The molecular formula is C17H25IN4OS. The minimum absolute atomic E-state index is 0. The molecule has 0 saturated heterocycles. The molecule has 132 valence electrons. The number of benzene rings is 1. The first-order valence-electron chi connectivity index (χ1n) is 7.76. The second-order valence-electron chi connectivity index (χ2n) is 5.00. The van der Waals surface area contributed by atoms with Crippen LogP contribution in [0.15, 0.2) is 34.6 Å². The summed E-state index contributed by atoms with van der Waals surface area (Å²) >= 11 is 1.73. The van der Waals surface area contributed by atoms with Crippen molar-refractivity contribution >= 4 is 41.3 Å². The van der Waals surface area contributed by atoms with E-state index in [2.05, 4.69) is 32.9 Å². The first-order valence-corrected chi connectivity index (χ1v) is 8.64. The van der Waals surface area contributed by atoms with Crippen LogP contribution < -0.4 is 15.4 Å². The van der Waals surface area contributed by atoms with Gasteiger partial charge in [-0.3, -0.25) is 4.99 Å². The molecule has 0 bridgehead atoms. The lowest BCUT2D eigenvalue weighted by Crippen LogP contribution is -2.37. The zero-order valence-electron chi connectivity index (χ0n) is 14.3. The van der Waals surface area contributed by atoms with Gasteiger partial charge < -0.3 is 15.4 Å². The standard InChI is InChI=1S/C17H24N4OS.HI/c1-4-16-21-14(12-23-16)9-10-19-17(18-2)20-11-13-7-5-6-8-15(13)22-3;/h5-8,12H,4,9-11H2,1-3H3,(H2,18,19,20);1H. The maximum Gasteiger partial charge on any atom is 0.191 e. The van der Waals surface area contributed by atoms with Crippen molar-refractivity contribution in [1.29, 1.82) is 0 Å². The molecule has 0 amide bonds. The zero-order valence-corrected chi connectivity index (χ0v) is 17.5. The van der Waals surface area contributed by atoms with Gasteiger partial charge in [-0.15, -0.1) is 35.3 Å². The monoisotopic (exact) mass is 460 g/mol. The SMILES string of the molecule is CCc1nc(CCNC(=NC)NCc2ccccc2OC)cs1.I. The number of ether oxygens (including phenoxy) is 1. The van der Waals surface area contributed by atoms with Crippen LogP contribution in [0.4, 0.5) is 0 Å². The summed E-state index contributed by atoms with van der Waals surface area (Å²) in [4.78, 5) is 8.82. The van der Waals surface area contributed by atoms with Gasteiger partial charge in [0.05, 0.1) is 17.8 Å². The van der Waals surface area contributed by atoms with Crippen LogP contribution >= 0.6 is 35.3 Å². The lowest BCUT2D eigenvalue weighted by molar-refractivity contribution is 0.409. The Morgan fingerprint density at radius 3 is 2.75 bits per heavy atom. The Balaban J connectivity index is 0.00000288. The molecule has 5 nitrogen and oxygen atoms in total. The summed E-state index contributed by atoms with van der Waals surface area (Å²) in [7, 11) is 3.46. The molecule has 2 N–H and O–H groups in total. The zero-order chi connectivity index (χ0) is 16.5. The smallest absolute Gasteiger partial charge is 0.191 e. The van der Waals surface area contributed by atoms with Crippen molar-refractivity contribution in [2.75, 3.05) is 20.7 Å². The predicted octanol–water partition coefficient (Wildman–Crippen LogP) is 3.24. The summed E-state index contributed by atoms with van der Waals surface area (Å²) in [5.41, 5.74) is 2.24. The van der Waals surface area contributed by atoms with Gasteiger partial charge in [0.1, 0.15) is 5.75 Å². The fourth-order valence-electron chi connectivity index (χ4n) is 2.18. The molecule has 2 rings (SSSR count). The molecule has 0 saturated carbocycles. The first-order chi connectivity index (χ1) is 11.3. The Bertz CT molecular complexity index is 645. The van der Waals surface area contributed by atoms with Gasteiger partial charge >= 0.3 is 0 Å². The average Bonchev–Trinajstić information content (AvgIpc) is 3.06. The molecule has 2 aromatic rings. The third kappa shape index (κ3) is 6.27. The van der Waals surface area contributed by atoms with Crippen LogP contribution in [0.2, 0.25) is 0 Å². The summed E-state index contributed by atoms with van der Waals surface area (Å²) in [6, 6.07) is 7.97. The van der Waals surface area contributed by atoms with Crippen LogP contribution in [0.25, 0.3) is 0 Å². The number of aliphatic imine (C=N–C) groups is 1. The molecule has 1 heterocycles. The molecule has 0 aliphatic rings. The van der Waals surface area contributed by atoms with Crippen LogP contribution in [-0.4, -0.2) is 31.6 Å². The van der Waals surface area contributed by atoms with Gasteiger partial charge in [0, 0.05) is 37.5 Å². The maximum atomic E-state index is 5.36. The van der Waals surface area contributed by atoms with Crippen LogP contribution in [-0.2, 0) is 19.4 Å². The molecule has 24 heavy (non-hydrogen) atoms. The highest BCUT2D eigenvalue weighted by Gasteiger charge is 2.04. The van der Waals surface area contributed by atoms with Crippen molar-refractivity contribution in [2.45, 2.75) is 26.3 Å². The summed E-state index contributed by atoms with van der Waals surface area (Å²) in [5, 5.41) is 9.94. The minimum Gasteiger partial charge on any atom is -0.496 e. The number of methoxy groups -OCH3 is 1. The third-order valence-corrected chi connectivity index (χ3v) is 4.48. The highest BCUT2D eigenvalue weighted by atomic mass is 127. The van der Waals surface area contributed by atoms with Gasteiger partial charge in [-0.05, 0) is 12.5 Å². The summed E-state index contributed by atoms with van der Waals surface area (Å²) in [6.07, 6.45) is 1.89. The molecule has 0 radical (unpaired) electrons. The molecule has 1 aromatic carbocycles. The molecule has 0 unspecified atom stereocenters. The van der Waals surface area contributed by atoms with Crippen LogP contribution in [0.3, 0.4) is 0 Å². The number of para-hydroxylation sites is 1. The largest absolute Gasteiger partial charge is 0.496 e. The molecule has 0 aliphatic carbocycles. The van der Waals surface area contributed by atoms with Crippen molar-refractivity contribution in [3.8, 4) is 5.75 Å². The lowest BCUT2D eigenvalue weighted by atomic mass is 10.2. The Kier molecular flexibility index (Phi) is 9.70. The Hall–Kier alpha value is -1.35. The highest BCUT2D eigenvalue weighted by Crippen LogP contribution is 2.16. The number of aryl methyl sites for hydroxylation is 1. The van der Waals surface area contributed by atoms with E-state index in [1.807, 2.05) is 24.3 Å². The van der Waals surface area contributed by atoms with Crippen molar-refractivity contribution in [2.24, 2.45) is 4.99 Å².